The maximum absolute atomic E-state index is 6.11. The second-order valence-corrected chi connectivity index (χ2v) is 7.36. The van der Waals surface area contributed by atoms with Gasteiger partial charge in [-0.05, 0) is 50.2 Å². The molecule has 4 nitrogen and oxygen atoms in total. The highest BCUT2D eigenvalue weighted by atomic mass is 16.5. The number of ether oxygens (including phenoxy) is 2. The molecule has 22 heavy (non-hydrogen) atoms. The largest absolute Gasteiger partial charge is 0.468 e. The van der Waals surface area contributed by atoms with Gasteiger partial charge in [0.05, 0.1) is 25.5 Å². The van der Waals surface area contributed by atoms with Crippen molar-refractivity contribution in [3.05, 3.63) is 24.2 Å². The minimum absolute atomic E-state index is 0.192. The maximum atomic E-state index is 6.11. The molecule has 4 heteroatoms. The van der Waals surface area contributed by atoms with Crippen LogP contribution in [0.3, 0.4) is 0 Å². The fourth-order valence-corrected chi connectivity index (χ4v) is 4.06. The third-order valence-corrected chi connectivity index (χ3v) is 5.47. The van der Waals surface area contributed by atoms with Crippen molar-refractivity contribution in [2.75, 3.05) is 32.9 Å². The molecule has 1 aromatic rings. The van der Waals surface area contributed by atoms with Crippen molar-refractivity contribution in [1.82, 2.24) is 4.90 Å². The minimum atomic E-state index is 0.192. The molecule has 2 saturated heterocycles. The van der Waals surface area contributed by atoms with E-state index in [9.17, 15) is 0 Å². The molecule has 0 radical (unpaired) electrons. The summed E-state index contributed by atoms with van der Waals surface area (Å²) in [5, 5.41) is 0. The van der Waals surface area contributed by atoms with Gasteiger partial charge in [0.2, 0.25) is 0 Å². The van der Waals surface area contributed by atoms with E-state index in [1.807, 2.05) is 6.07 Å². The molecule has 0 amide bonds. The first-order valence-corrected chi connectivity index (χ1v) is 8.78. The van der Waals surface area contributed by atoms with Gasteiger partial charge < -0.3 is 13.9 Å². The van der Waals surface area contributed by atoms with Gasteiger partial charge in [-0.15, -0.1) is 0 Å². The Kier molecular flexibility index (Phi) is 4.25. The number of fused-ring (bicyclic) bond motifs is 1. The second kappa shape index (κ2) is 6.34. The van der Waals surface area contributed by atoms with Gasteiger partial charge in [-0.25, -0.2) is 0 Å². The summed E-state index contributed by atoms with van der Waals surface area (Å²) in [5.74, 6) is 1.89. The predicted octanol–water partition coefficient (Wildman–Crippen LogP) is 3.08. The van der Waals surface area contributed by atoms with Gasteiger partial charge in [-0.2, -0.15) is 0 Å². The Labute approximate surface area is 132 Å². The van der Waals surface area contributed by atoms with E-state index in [-0.39, 0.29) is 5.41 Å². The van der Waals surface area contributed by atoms with Crippen LogP contribution in [0.15, 0.2) is 22.8 Å². The van der Waals surface area contributed by atoms with E-state index in [4.69, 9.17) is 13.9 Å². The van der Waals surface area contributed by atoms with Crippen LogP contribution in [0.25, 0.3) is 0 Å². The third kappa shape index (κ3) is 3.24. The summed E-state index contributed by atoms with van der Waals surface area (Å²) in [6, 6.07) is 4.04. The maximum Gasteiger partial charge on any atom is 0.117 e. The molecule has 0 bridgehead atoms. The van der Waals surface area contributed by atoms with Crippen molar-refractivity contribution in [3.8, 4) is 0 Å². The lowest BCUT2D eigenvalue weighted by Crippen LogP contribution is -2.56. The lowest BCUT2D eigenvalue weighted by atomic mass is 9.73. The molecule has 3 fully saturated rings. The molecule has 4 rings (SSSR count). The van der Waals surface area contributed by atoms with Crippen LogP contribution in [0.4, 0.5) is 0 Å². The lowest BCUT2D eigenvalue weighted by molar-refractivity contribution is -0.155. The van der Waals surface area contributed by atoms with Crippen molar-refractivity contribution in [2.24, 2.45) is 11.3 Å². The van der Waals surface area contributed by atoms with Crippen LogP contribution in [0.5, 0.6) is 0 Å². The fraction of sp³-hybridized carbons (Fsp3) is 0.778. The highest BCUT2D eigenvalue weighted by molar-refractivity contribution is 5.01. The van der Waals surface area contributed by atoms with Crippen molar-refractivity contribution in [2.45, 2.75) is 44.8 Å². The molecule has 0 spiro atoms. The van der Waals surface area contributed by atoms with Crippen LogP contribution in [0, 0.1) is 11.3 Å². The number of likely N-dealkylation sites (tertiary alicyclic amines) is 1. The van der Waals surface area contributed by atoms with E-state index in [2.05, 4.69) is 11.0 Å². The van der Waals surface area contributed by atoms with E-state index < -0.39 is 0 Å². The van der Waals surface area contributed by atoms with Crippen molar-refractivity contribution in [1.29, 1.82) is 0 Å². The Morgan fingerprint density at radius 3 is 3.09 bits per heavy atom. The van der Waals surface area contributed by atoms with Gasteiger partial charge in [0.15, 0.2) is 0 Å². The minimum Gasteiger partial charge on any atom is -0.468 e. The van der Waals surface area contributed by atoms with Crippen LogP contribution in [-0.4, -0.2) is 43.9 Å². The molecule has 1 saturated carbocycles. The van der Waals surface area contributed by atoms with Crippen LogP contribution < -0.4 is 0 Å². The summed E-state index contributed by atoms with van der Waals surface area (Å²) in [7, 11) is 0. The molecule has 0 N–H and O–H groups in total. The summed E-state index contributed by atoms with van der Waals surface area (Å²) in [5.41, 5.74) is 0.192. The van der Waals surface area contributed by atoms with Crippen LogP contribution in [-0.2, 0) is 16.0 Å². The van der Waals surface area contributed by atoms with Crippen LogP contribution in [0.1, 0.15) is 37.9 Å². The Balaban J connectivity index is 1.40. The van der Waals surface area contributed by atoms with Gasteiger partial charge in [0.1, 0.15) is 5.76 Å². The third-order valence-electron chi connectivity index (χ3n) is 5.47. The predicted molar refractivity (Wildman–Crippen MR) is 83.6 cm³/mol. The first kappa shape index (κ1) is 14.7. The van der Waals surface area contributed by atoms with Crippen LogP contribution in [0.2, 0.25) is 0 Å². The Morgan fingerprint density at radius 1 is 1.32 bits per heavy atom. The molecule has 1 aliphatic carbocycles. The Morgan fingerprint density at radius 2 is 2.27 bits per heavy atom. The molecule has 1 aromatic heterocycles. The van der Waals surface area contributed by atoms with Gasteiger partial charge in [-0.1, -0.05) is 0 Å². The number of hydrogen-bond donors (Lipinski definition) is 0. The Bertz CT molecular complexity index is 471. The quantitative estimate of drug-likeness (QED) is 0.809. The van der Waals surface area contributed by atoms with Crippen molar-refractivity contribution in [3.63, 3.8) is 0 Å². The molecule has 0 aromatic carbocycles. The number of nitrogens with zero attached hydrogens (tertiary/aromatic N) is 1. The van der Waals surface area contributed by atoms with E-state index in [0.29, 0.717) is 6.10 Å². The molecule has 2 aliphatic heterocycles. The Hall–Kier alpha value is -0.840. The molecule has 3 aliphatic rings. The van der Waals surface area contributed by atoms with Crippen molar-refractivity contribution < 1.29 is 13.9 Å². The zero-order valence-electron chi connectivity index (χ0n) is 13.3. The highest BCUT2D eigenvalue weighted by Gasteiger charge is 2.46. The normalized spacial score (nSPS) is 32.8. The monoisotopic (exact) mass is 305 g/mol. The summed E-state index contributed by atoms with van der Waals surface area (Å²) in [6.45, 7) is 5.81. The van der Waals surface area contributed by atoms with E-state index in [1.54, 1.807) is 6.26 Å². The van der Waals surface area contributed by atoms with E-state index in [1.165, 1.54) is 19.3 Å². The fourth-order valence-electron chi connectivity index (χ4n) is 4.06. The van der Waals surface area contributed by atoms with Crippen molar-refractivity contribution >= 4 is 0 Å². The SMILES string of the molecule is c1coc(CN2CC[C@H]3OCCC[C@@]3(COCC3CC3)C2)c1. The molecular formula is C18H27NO3. The molecule has 122 valence electrons. The topological polar surface area (TPSA) is 34.8 Å². The molecule has 2 atom stereocenters. The zero-order valence-corrected chi connectivity index (χ0v) is 13.3. The molecule has 0 unspecified atom stereocenters. The zero-order chi connectivity index (χ0) is 14.8. The number of furan rings is 1. The molecular weight excluding hydrogens is 278 g/mol. The number of rotatable bonds is 6. The summed E-state index contributed by atoms with van der Waals surface area (Å²) < 4.78 is 17.7. The summed E-state index contributed by atoms with van der Waals surface area (Å²) in [4.78, 5) is 2.52. The first-order valence-electron chi connectivity index (χ1n) is 8.78. The highest BCUT2D eigenvalue weighted by Crippen LogP contribution is 2.41. The van der Waals surface area contributed by atoms with E-state index in [0.717, 1.165) is 64.0 Å². The van der Waals surface area contributed by atoms with E-state index >= 15 is 0 Å². The average Bonchev–Trinajstić information content (AvgIpc) is 3.22. The van der Waals surface area contributed by atoms with Crippen LogP contribution >= 0.6 is 0 Å². The first-order chi connectivity index (χ1) is 10.8. The average molecular weight is 305 g/mol. The summed E-state index contributed by atoms with van der Waals surface area (Å²) >= 11 is 0. The smallest absolute Gasteiger partial charge is 0.117 e. The van der Waals surface area contributed by atoms with Gasteiger partial charge in [-0.3, -0.25) is 4.90 Å². The standard InChI is InChI=1S/C18H27NO3/c1-3-16(21-9-1)11-19-8-6-17-18(13-19,7-2-10-22-17)14-20-12-15-4-5-15/h1,3,9,15,17H,2,4-8,10-14H2/t17-,18+/m1/s1. The lowest BCUT2D eigenvalue weighted by Gasteiger charge is -2.50. The van der Waals surface area contributed by atoms with Gasteiger partial charge in [0.25, 0.3) is 0 Å². The number of piperidine rings is 1. The van der Waals surface area contributed by atoms with Gasteiger partial charge in [0, 0.05) is 31.7 Å². The van der Waals surface area contributed by atoms with Gasteiger partial charge >= 0.3 is 0 Å². The second-order valence-electron chi connectivity index (χ2n) is 7.36. The number of hydrogen-bond acceptors (Lipinski definition) is 4. The molecule has 3 heterocycles. The summed E-state index contributed by atoms with van der Waals surface area (Å²) in [6.07, 6.45) is 8.38.